The van der Waals surface area contributed by atoms with E-state index < -0.39 is 10.0 Å². The summed E-state index contributed by atoms with van der Waals surface area (Å²) in [4.78, 5) is 4.60. The van der Waals surface area contributed by atoms with E-state index in [0.29, 0.717) is 10.0 Å². The van der Waals surface area contributed by atoms with Crippen LogP contribution in [0.2, 0.25) is 4.34 Å². The lowest BCUT2D eigenvalue weighted by Crippen LogP contribution is -2.44. The van der Waals surface area contributed by atoms with Crippen LogP contribution in [0.4, 0.5) is 11.4 Å². The molecule has 1 aromatic heterocycles. The molecule has 1 saturated heterocycles. The number of hydrogen-bond acceptors (Lipinski definition) is 5. The van der Waals surface area contributed by atoms with Crippen molar-refractivity contribution in [1.82, 2.24) is 4.90 Å². The highest BCUT2D eigenvalue weighted by Gasteiger charge is 2.17. The third kappa shape index (κ3) is 3.98. The quantitative estimate of drug-likeness (QED) is 0.897. The zero-order valence-corrected chi connectivity index (χ0v) is 15.1. The summed E-state index contributed by atoms with van der Waals surface area (Å²) in [6, 6.07) is 10.6. The minimum absolute atomic E-state index is 0.214. The number of likely N-dealkylation sites (N-methyl/N-ethyl adjacent to an activating group) is 1. The maximum atomic E-state index is 12.3. The molecule has 0 saturated carbocycles. The number of halogens is 1. The van der Waals surface area contributed by atoms with Gasteiger partial charge in [0, 0.05) is 37.6 Å². The number of thiophene rings is 1. The van der Waals surface area contributed by atoms with E-state index in [0.717, 1.165) is 43.2 Å². The molecule has 0 aliphatic carbocycles. The van der Waals surface area contributed by atoms with E-state index in [2.05, 4.69) is 21.6 Å². The summed E-state index contributed by atoms with van der Waals surface area (Å²) in [5.41, 5.74) is 1.66. The SMILES string of the molecule is CN1CCN(c2ccc(NS(=O)(=O)c3ccc(Cl)s3)cc2)CC1. The predicted octanol–water partition coefficient (Wildman–Crippen LogP) is 2.95. The van der Waals surface area contributed by atoms with Gasteiger partial charge < -0.3 is 9.80 Å². The van der Waals surface area contributed by atoms with Crippen LogP contribution in [0.25, 0.3) is 0 Å². The third-order valence-corrected chi connectivity index (χ3v) is 6.91. The second kappa shape index (κ2) is 6.68. The topological polar surface area (TPSA) is 52.6 Å². The molecule has 23 heavy (non-hydrogen) atoms. The molecule has 1 aliphatic rings. The Morgan fingerprint density at radius 1 is 1.04 bits per heavy atom. The molecule has 1 fully saturated rings. The molecule has 2 aromatic rings. The minimum atomic E-state index is -3.57. The Morgan fingerprint density at radius 3 is 2.26 bits per heavy atom. The molecule has 0 bridgehead atoms. The van der Waals surface area contributed by atoms with Crippen LogP contribution in [0, 0.1) is 0 Å². The summed E-state index contributed by atoms with van der Waals surface area (Å²) in [5.74, 6) is 0. The van der Waals surface area contributed by atoms with Crippen LogP contribution in [0.1, 0.15) is 0 Å². The average molecular weight is 372 g/mol. The fourth-order valence-electron chi connectivity index (χ4n) is 2.45. The standard InChI is InChI=1S/C15H18ClN3O2S2/c1-18-8-10-19(11-9-18)13-4-2-12(3-5-13)17-23(20,21)15-7-6-14(16)22-15/h2-7,17H,8-11H2,1H3. The van der Waals surface area contributed by atoms with Crippen molar-refractivity contribution in [2.45, 2.75) is 4.21 Å². The largest absolute Gasteiger partial charge is 0.369 e. The molecule has 2 heterocycles. The smallest absolute Gasteiger partial charge is 0.271 e. The third-order valence-electron chi connectivity index (χ3n) is 3.80. The van der Waals surface area contributed by atoms with Crippen LogP contribution in [0.5, 0.6) is 0 Å². The van der Waals surface area contributed by atoms with E-state index >= 15 is 0 Å². The van der Waals surface area contributed by atoms with Gasteiger partial charge in [0.25, 0.3) is 10.0 Å². The van der Waals surface area contributed by atoms with Crippen LogP contribution >= 0.6 is 22.9 Å². The summed E-state index contributed by atoms with van der Waals surface area (Å²) in [6.45, 7) is 4.03. The second-order valence-electron chi connectivity index (χ2n) is 5.50. The van der Waals surface area contributed by atoms with Gasteiger partial charge in [-0.1, -0.05) is 11.6 Å². The van der Waals surface area contributed by atoms with Gasteiger partial charge in [-0.3, -0.25) is 4.72 Å². The zero-order valence-electron chi connectivity index (χ0n) is 12.7. The predicted molar refractivity (Wildman–Crippen MR) is 96.3 cm³/mol. The number of anilines is 2. The average Bonchev–Trinajstić information content (AvgIpc) is 2.96. The highest BCUT2D eigenvalue weighted by molar-refractivity contribution is 7.94. The summed E-state index contributed by atoms with van der Waals surface area (Å²) in [5, 5.41) is 0. The normalized spacial score (nSPS) is 16.5. The first-order valence-electron chi connectivity index (χ1n) is 7.26. The fraction of sp³-hybridized carbons (Fsp3) is 0.333. The first-order chi connectivity index (χ1) is 10.9. The van der Waals surface area contributed by atoms with Crippen LogP contribution in [-0.2, 0) is 10.0 Å². The van der Waals surface area contributed by atoms with Gasteiger partial charge in [0.05, 0.1) is 4.34 Å². The van der Waals surface area contributed by atoms with E-state index in [-0.39, 0.29) is 4.21 Å². The maximum Gasteiger partial charge on any atom is 0.271 e. The van der Waals surface area contributed by atoms with Crippen LogP contribution in [0.3, 0.4) is 0 Å². The van der Waals surface area contributed by atoms with Crippen molar-refractivity contribution in [3.05, 3.63) is 40.7 Å². The van der Waals surface area contributed by atoms with Crippen molar-refractivity contribution < 1.29 is 8.42 Å². The summed E-state index contributed by atoms with van der Waals surface area (Å²) < 4.78 is 27.8. The summed E-state index contributed by atoms with van der Waals surface area (Å²) >= 11 is 6.85. The molecule has 0 radical (unpaired) electrons. The minimum Gasteiger partial charge on any atom is -0.369 e. The molecular formula is C15H18ClN3O2S2. The van der Waals surface area contributed by atoms with Gasteiger partial charge in [-0.2, -0.15) is 0 Å². The number of nitrogens with one attached hydrogen (secondary N) is 1. The zero-order chi connectivity index (χ0) is 16.4. The van der Waals surface area contributed by atoms with Gasteiger partial charge in [0.1, 0.15) is 4.21 Å². The molecule has 0 amide bonds. The van der Waals surface area contributed by atoms with Crippen molar-refractivity contribution in [3.63, 3.8) is 0 Å². The molecule has 1 N–H and O–H groups in total. The van der Waals surface area contributed by atoms with Crippen molar-refractivity contribution in [2.24, 2.45) is 0 Å². The number of piperazine rings is 1. The van der Waals surface area contributed by atoms with E-state index in [9.17, 15) is 8.42 Å². The molecule has 3 rings (SSSR count). The monoisotopic (exact) mass is 371 g/mol. The highest BCUT2D eigenvalue weighted by Crippen LogP contribution is 2.28. The van der Waals surface area contributed by atoms with E-state index in [1.54, 1.807) is 18.2 Å². The Bertz CT molecular complexity index is 766. The van der Waals surface area contributed by atoms with Crippen molar-refractivity contribution in [2.75, 3.05) is 42.8 Å². The molecule has 1 aromatic carbocycles. The van der Waals surface area contributed by atoms with Gasteiger partial charge in [-0.15, -0.1) is 11.3 Å². The Hall–Kier alpha value is -1.28. The van der Waals surface area contributed by atoms with Crippen molar-refractivity contribution >= 4 is 44.3 Å². The summed E-state index contributed by atoms with van der Waals surface area (Å²) in [6.07, 6.45) is 0. The molecular weight excluding hydrogens is 354 g/mol. The molecule has 0 spiro atoms. The van der Waals surface area contributed by atoms with Crippen LogP contribution < -0.4 is 9.62 Å². The molecule has 124 valence electrons. The lowest BCUT2D eigenvalue weighted by molar-refractivity contribution is 0.313. The Labute approximate surface area is 145 Å². The molecule has 0 unspecified atom stereocenters. The molecule has 8 heteroatoms. The number of benzene rings is 1. The second-order valence-corrected chi connectivity index (χ2v) is 9.13. The van der Waals surface area contributed by atoms with Gasteiger partial charge in [0.2, 0.25) is 0 Å². The molecule has 0 atom stereocenters. The molecule has 5 nitrogen and oxygen atoms in total. The van der Waals surface area contributed by atoms with E-state index in [4.69, 9.17) is 11.6 Å². The van der Waals surface area contributed by atoms with Gasteiger partial charge in [-0.05, 0) is 43.4 Å². The number of hydrogen-bond donors (Lipinski definition) is 1. The molecule has 1 aliphatic heterocycles. The van der Waals surface area contributed by atoms with Gasteiger partial charge in [0.15, 0.2) is 0 Å². The Balaban J connectivity index is 1.70. The van der Waals surface area contributed by atoms with Crippen molar-refractivity contribution in [3.8, 4) is 0 Å². The number of rotatable bonds is 4. The lowest BCUT2D eigenvalue weighted by atomic mass is 10.2. The first kappa shape index (κ1) is 16.6. The van der Waals surface area contributed by atoms with Gasteiger partial charge >= 0.3 is 0 Å². The Kier molecular flexibility index (Phi) is 4.82. The maximum absolute atomic E-state index is 12.3. The van der Waals surface area contributed by atoms with Gasteiger partial charge in [-0.25, -0.2) is 8.42 Å². The van der Waals surface area contributed by atoms with E-state index in [1.807, 2.05) is 12.1 Å². The van der Waals surface area contributed by atoms with Crippen LogP contribution in [-0.4, -0.2) is 46.5 Å². The highest BCUT2D eigenvalue weighted by atomic mass is 35.5. The van der Waals surface area contributed by atoms with Crippen molar-refractivity contribution in [1.29, 1.82) is 0 Å². The fourth-order valence-corrected chi connectivity index (χ4v) is 4.99. The van der Waals surface area contributed by atoms with E-state index in [1.165, 1.54) is 6.07 Å². The number of sulfonamides is 1. The summed E-state index contributed by atoms with van der Waals surface area (Å²) in [7, 11) is -1.46. The number of nitrogens with zero attached hydrogens (tertiary/aromatic N) is 2. The van der Waals surface area contributed by atoms with Crippen LogP contribution in [0.15, 0.2) is 40.6 Å². The lowest BCUT2D eigenvalue weighted by Gasteiger charge is -2.34. The first-order valence-corrected chi connectivity index (χ1v) is 9.93. The Morgan fingerprint density at radius 2 is 1.70 bits per heavy atom.